The molecule has 114 valence electrons. The molecule has 7 nitrogen and oxygen atoms in total. The van der Waals surface area contributed by atoms with E-state index in [-0.39, 0.29) is 37.5 Å². The lowest BCUT2D eigenvalue weighted by molar-refractivity contribution is -0.120. The highest BCUT2D eigenvalue weighted by Crippen LogP contribution is 2.21. The number of nitrogens with one attached hydrogen (secondary N) is 1. The van der Waals surface area contributed by atoms with Crippen molar-refractivity contribution in [3.63, 3.8) is 0 Å². The molecule has 1 amide bonds. The summed E-state index contributed by atoms with van der Waals surface area (Å²) in [6, 6.07) is 2.58. The summed E-state index contributed by atoms with van der Waals surface area (Å²) in [5, 5.41) is 11.4. The molecule has 0 aliphatic carbocycles. The molecule has 1 heterocycles. The number of hydrogen-bond donors (Lipinski definition) is 2. The monoisotopic (exact) mass is 316 g/mol. The Labute approximate surface area is 120 Å². The molecule has 9 heteroatoms. The maximum Gasteiger partial charge on any atom is 0.335 e. The lowest BCUT2D eigenvalue weighted by Gasteiger charge is -2.19. The van der Waals surface area contributed by atoms with Gasteiger partial charge in [0.2, 0.25) is 15.9 Å². The topological polar surface area (TPSA) is 104 Å². The zero-order valence-electron chi connectivity index (χ0n) is 10.9. The summed E-state index contributed by atoms with van der Waals surface area (Å²) in [4.78, 5) is 21.4. The number of carboxylic acid groups (broad SMARTS) is 1. The van der Waals surface area contributed by atoms with Crippen molar-refractivity contribution in [2.75, 3.05) is 19.6 Å². The van der Waals surface area contributed by atoms with Gasteiger partial charge in [0.15, 0.2) is 0 Å². The van der Waals surface area contributed by atoms with E-state index >= 15 is 0 Å². The third-order valence-corrected chi connectivity index (χ3v) is 4.98. The Morgan fingerprint density at radius 2 is 2.05 bits per heavy atom. The quantitative estimate of drug-likeness (QED) is 0.819. The maximum absolute atomic E-state index is 13.8. The molecular weight excluding hydrogens is 303 g/mol. The van der Waals surface area contributed by atoms with Crippen LogP contribution in [-0.2, 0) is 14.8 Å². The van der Waals surface area contributed by atoms with E-state index in [4.69, 9.17) is 5.11 Å². The average Bonchev–Trinajstić information content (AvgIpc) is 2.64. The molecule has 1 fully saturated rings. The minimum absolute atomic E-state index is 0.00477. The van der Waals surface area contributed by atoms with Crippen LogP contribution in [0.1, 0.15) is 16.8 Å². The molecule has 1 aromatic rings. The normalized spacial score (nSPS) is 17.1. The summed E-state index contributed by atoms with van der Waals surface area (Å²) < 4.78 is 39.5. The third-order valence-electron chi connectivity index (χ3n) is 3.07. The SMILES string of the molecule is O=C1CCN(S(=O)(=O)c2cc(C(=O)O)ccc2F)CCN1. The Morgan fingerprint density at radius 3 is 2.71 bits per heavy atom. The molecule has 0 atom stereocenters. The number of halogens is 1. The number of aromatic carboxylic acids is 1. The molecule has 0 unspecified atom stereocenters. The fourth-order valence-electron chi connectivity index (χ4n) is 1.96. The summed E-state index contributed by atoms with van der Waals surface area (Å²) in [5.41, 5.74) is -0.320. The van der Waals surface area contributed by atoms with Crippen molar-refractivity contribution in [3.8, 4) is 0 Å². The van der Waals surface area contributed by atoms with Gasteiger partial charge in [0.05, 0.1) is 5.56 Å². The van der Waals surface area contributed by atoms with Gasteiger partial charge in [-0.05, 0) is 18.2 Å². The molecule has 0 spiro atoms. The first kappa shape index (κ1) is 15.4. The minimum atomic E-state index is -4.19. The lowest BCUT2D eigenvalue weighted by atomic mass is 10.2. The highest BCUT2D eigenvalue weighted by molar-refractivity contribution is 7.89. The number of amides is 1. The van der Waals surface area contributed by atoms with Crippen LogP contribution in [0.5, 0.6) is 0 Å². The molecular formula is C12H13FN2O5S. The van der Waals surface area contributed by atoms with Gasteiger partial charge in [-0.3, -0.25) is 4.79 Å². The number of carboxylic acids is 1. The van der Waals surface area contributed by atoms with Gasteiger partial charge in [-0.1, -0.05) is 0 Å². The Bertz CT molecular complexity index is 689. The smallest absolute Gasteiger partial charge is 0.335 e. The maximum atomic E-state index is 13.8. The van der Waals surface area contributed by atoms with Crippen LogP contribution in [0.25, 0.3) is 0 Å². The van der Waals surface area contributed by atoms with E-state index < -0.39 is 26.7 Å². The van der Waals surface area contributed by atoms with Gasteiger partial charge in [-0.2, -0.15) is 4.31 Å². The van der Waals surface area contributed by atoms with Crippen LogP contribution in [0, 0.1) is 5.82 Å². The van der Waals surface area contributed by atoms with Crippen molar-refractivity contribution in [1.29, 1.82) is 0 Å². The van der Waals surface area contributed by atoms with Gasteiger partial charge < -0.3 is 10.4 Å². The van der Waals surface area contributed by atoms with Crippen LogP contribution < -0.4 is 5.32 Å². The molecule has 1 aliphatic heterocycles. The number of hydrogen-bond acceptors (Lipinski definition) is 4. The predicted molar refractivity (Wildman–Crippen MR) is 69.7 cm³/mol. The fraction of sp³-hybridized carbons (Fsp3) is 0.333. The number of sulfonamides is 1. The number of rotatable bonds is 3. The molecule has 1 aliphatic rings. The predicted octanol–water partition coefficient (Wildman–Crippen LogP) is 0.0345. The van der Waals surface area contributed by atoms with Crippen LogP contribution >= 0.6 is 0 Å². The van der Waals surface area contributed by atoms with Gasteiger partial charge in [-0.15, -0.1) is 0 Å². The van der Waals surface area contributed by atoms with Gasteiger partial charge >= 0.3 is 5.97 Å². The molecule has 1 saturated heterocycles. The first-order chi connectivity index (χ1) is 9.82. The number of nitrogens with zero attached hydrogens (tertiary/aromatic N) is 1. The van der Waals surface area contributed by atoms with Crippen LogP contribution in [0.15, 0.2) is 23.1 Å². The van der Waals surface area contributed by atoms with E-state index in [2.05, 4.69) is 5.32 Å². The Morgan fingerprint density at radius 1 is 1.33 bits per heavy atom. The molecule has 2 N–H and O–H groups in total. The molecule has 0 bridgehead atoms. The van der Waals surface area contributed by atoms with Crippen molar-refractivity contribution >= 4 is 21.9 Å². The molecule has 0 radical (unpaired) electrons. The zero-order chi connectivity index (χ0) is 15.6. The van der Waals surface area contributed by atoms with Gasteiger partial charge in [0.1, 0.15) is 10.7 Å². The van der Waals surface area contributed by atoms with Crippen LogP contribution in [0.2, 0.25) is 0 Å². The summed E-state index contributed by atoms with van der Waals surface area (Å²) in [6.45, 7) is 0.0496. The highest BCUT2D eigenvalue weighted by Gasteiger charge is 2.30. The summed E-state index contributed by atoms with van der Waals surface area (Å²) in [7, 11) is -4.19. The van der Waals surface area contributed by atoms with Crippen molar-refractivity contribution in [3.05, 3.63) is 29.6 Å². The second kappa shape index (κ2) is 5.78. The third kappa shape index (κ3) is 3.19. The highest BCUT2D eigenvalue weighted by atomic mass is 32.2. The summed E-state index contributed by atoms with van der Waals surface area (Å²) in [6.07, 6.45) is -0.0283. The van der Waals surface area contributed by atoms with E-state index in [9.17, 15) is 22.4 Å². The van der Waals surface area contributed by atoms with Crippen LogP contribution in [-0.4, -0.2) is 49.3 Å². The number of carbonyl (C=O) groups excluding carboxylic acids is 1. The minimum Gasteiger partial charge on any atom is -0.478 e. The molecule has 1 aromatic carbocycles. The Balaban J connectivity index is 2.41. The lowest BCUT2D eigenvalue weighted by Crippen LogP contribution is -2.34. The van der Waals surface area contributed by atoms with Crippen molar-refractivity contribution in [1.82, 2.24) is 9.62 Å². The van der Waals surface area contributed by atoms with Gasteiger partial charge in [0, 0.05) is 26.1 Å². The molecule has 0 saturated carbocycles. The van der Waals surface area contributed by atoms with Gasteiger partial charge in [-0.25, -0.2) is 17.6 Å². The van der Waals surface area contributed by atoms with E-state index in [1.165, 1.54) is 0 Å². The van der Waals surface area contributed by atoms with Gasteiger partial charge in [0.25, 0.3) is 0 Å². The van der Waals surface area contributed by atoms with Crippen LogP contribution in [0.4, 0.5) is 4.39 Å². The molecule has 21 heavy (non-hydrogen) atoms. The van der Waals surface area contributed by atoms with Crippen molar-refractivity contribution in [2.24, 2.45) is 0 Å². The largest absolute Gasteiger partial charge is 0.478 e. The second-order valence-electron chi connectivity index (χ2n) is 4.45. The van der Waals surface area contributed by atoms with E-state index in [1.807, 2.05) is 0 Å². The first-order valence-electron chi connectivity index (χ1n) is 6.12. The molecule has 2 rings (SSSR count). The fourth-order valence-corrected chi connectivity index (χ4v) is 3.49. The summed E-state index contributed by atoms with van der Waals surface area (Å²) >= 11 is 0. The Kier molecular flexibility index (Phi) is 4.24. The van der Waals surface area contributed by atoms with E-state index in [0.29, 0.717) is 0 Å². The standard InChI is InChI=1S/C12H13FN2O5S/c13-9-2-1-8(12(17)18)7-10(9)21(19,20)15-5-3-11(16)14-4-6-15/h1-2,7H,3-6H2,(H,14,16)(H,17,18). The number of benzene rings is 1. The molecule has 0 aromatic heterocycles. The Hall–Kier alpha value is -2.00. The van der Waals surface area contributed by atoms with E-state index in [1.54, 1.807) is 0 Å². The second-order valence-corrected chi connectivity index (χ2v) is 6.36. The zero-order valence-corrected chi connectivity index (χ0v) is 11.7. The summed E-state index contributed by atoms with van der Waals surface area (Å²) in [5.74, 6) is -2.66. The van der Waals surface area contributed by atoms with E-state index in [0.717, 1.165) is 22.5 Å². The number of carbonyl (C=O) groups is 2. The first-order valence-corrected chi connectivity index (χ1v) is 7.56. The van der Waals surface area contributed by atoms with Crippen molar-refractivity contribution < 1.29 is 27.5 Å². The van der Waals surface area contributed by atoms with Crippen LogP contribution in [0.3, 0.4) is 0 Å². The van der Waals surface area contributed by atoms with Crippen molar-refractivity contribution in [2.45, 2.75) is 11.3 Å². The average molecular weight is 316 g/mol.